The molecule has 2 saturated heterocycles. The van der Waals surface area contributed by atoms with Gasteiger partial charge in [0.2, 0.25) is 0 Å². The van der Waals surface area contributed by atoms with Crippen molar-refractivity contribution in [2.75, 3.05) is 27.2 Å². The second-order valence-electron chi connectivity index (χ2n) is 10.7. The molecule has 12 atom stereocenters. The number of aliphatic hydroxyl groups is 3. The average Bonchev–Trinajstić information content (AvgIpc) is 2.82. The van der Waals surface area contributed by atoms with Crippen LogP contribution in [0.5, 0.6) is 0 Å². The molecule has 3 aliphatic rings. The van der Waals surface area contributed by atoms with E-state index < -0.39 is 79.0 Å². The van der Waals surface area contributed by atoms with Crippen molar-refractivity contribution in [3.63, 3.8) is 0 Å². The van der Waals surface area contributed by atoms with Crippen molar-refractivity contribution in [2.45, 2.75) is 105 Å². The van der Waals surface area contributed by atoms with Crippen molar-refractivity contribution in [3.8, 4) is 0 Å². The highest BCUT2D eigenvalue weighted by atomic mass is 19.2. The Hall–Kier alpha value is -0.830. The van der Waals surface area contributed by atoms with Gasteiger partial charge in [-0.25, -0.2) is 0 Å². The van der Waals surface area contributed by atoms with E-state index in [0.29, 0.717) is 0 Å². The van der Waals surface area contributed by atoms with Gasteiger partial charge in [-0.15, -0.1) is 32.7 Å². The van der Waals surface area contributed by atoms with Crippen molar-refractivity contribution in [1.29, 1.82) is 0 Å². The average molecular weight is 568 g/mol. The van der Waals surface area contributed by atoms with Crippen LogP contribution in [0.4, 0.5) is 22.4 Å². The molecule has 0 spiro atoms. The Morgan fingerprint density at radius 1 is 0.947 bits per heavy atom. The minimum Gasteiger partial charge on any atom is -0.388 e. The summed E-state index contributed by atoms with van der Waals surface area (Å²) in [5, 5.41) is 32.6. The van der Waals surface area contributed by atoms with Gasteiger partial charge in [0.25, 0.3) is 0 Å². The monoisotopic (exact) mass is 567 g/mol. The highest BCUT2D eigenvalue weighted by Crippen LogP contribution is 2.36. The first-order valence-electron chi connectivity index (χ1n) is 12.3. The van der Waals surface area contributed by atoms with Crippen LogP contribution in [-0.2, 0) is 18.9 Å². The van der Waals surface area contributed by atoms with Gasteiger partial charge >= 0.3 is 0 Å². The molecule has 1 aliphatic carbocycles. The number of likely N-dealkylation sites (N-methyl/N-ethyl adjacent to an activating group) is 2. The molecule has 0 aromatic rings. The first-order chi connectivity index (χ1) is 17.8. The Bertz CT molecular complexity index is 765. The summed E-state index contributed by atoms with van der Waals surface area (Å²) in [6, 6.07) is -5.18. The van der Waals surface area contributed by atoms with E-state index in [-0.39, 0.29) is 36.1 Å². The molecule has 2 heterocycles. The highest BCUT2D eigenvalue weighted by molar-refractivity contribution is 5.02. The molecule has 12 nitrogen and oxygen atoms in total. The Morgan fingerprint density at radius 3 is 2.13 bits per heavy atom. The van der Waals surface area contributed by atoms with E-state index in [1.807, 2.05) is 0 Å². The summed E-state index contributed by atoms with van der Waals surface area (Å²) in [7, 11) is 1.99. The van der Waals surface area contributed by atoms with Gasteiger partial charge in [-0.1, -0.05) is 0 Å². The van der Waals surface area contributed by atoms with Gasteiger partial charge < -0.3 is 34.3 Å². The molecular formula is C21H38F5N5O7. The third-order valence-corrected chi connectivity index (χ3v) is 7.58. The second kappa shape index (κ2) is 12.8. The van der Waals surface area contributed by atoms with Gasteiger partial charge in [0.1, 0.15) is 36.1 Å². The lowest BCUT2D eigenvalue weighted by molar-refractivity contribution is -0.335. The van der Waals surface area contributed by atoms with Crippen molar-refractivity contribution < 1.29 is 56.7 Å². The standard InChI is InChI=1S/C21H38F5N5O7/c1-20(8-27-22)6-5-10(28-23)18(38-20)36-15-11(29-24)7-12(30(3)25)16(13(15)32)37-19-14(33)17(31(4)26)21(2,34)9-35-19/h10-19,27-29,32-34H,5-9H2,1-4H3. The van der Waals surface area contributed by atoms with Crippen LogP contribution in [0, 0.1) is 0 Å². The SMILES string of the molecule is CN(F)C1CC(NF)C(OC2OC(C)(CNF)CCC2NF)C(O)C1OC1OCC(C)(O)C(N(C)F)C1O. The lowest BCUT2D eigenvalue weighted by Gasteiger charge is -2.50. The maximum Gasteiger partial charge on any atom is 0.185 e. The van der Waals surface area contributed by atoms with E-state index >= 15 is 0 Å². The largest absolute Gasteiger partial charge is 0.388 e. The molecule has 38 heavy (non-hydrogen) atoms. The number of halogens is 5. The van der Waals surface area contributed by atoms with Gasteiger partial charge in [-0.05, 0) is 33.1 Å². The topological polar surface area (TPSA) is 140 Å². The molecule has 224 valence electrons. The zero-order valence-electron chi connectivity index (χ0n) is 21.6. The summed E-state index contributed by atoms with van der Waals surface area (Å²) in [6.45, 7) is 2.08. The second-order valence-corrected chi connectivity index (χ2v) is 10.7. The molecule has 0 amide bonds. The Morgan fingerprint density at radius 2 is 1.58 bits per heavy atom. The van der Waals surface area contributed by atoms with Crippen LogP contribution in [0.25, 0.3) is 0 Å². The van der Waals surface area contributed by atoms with Crippen LogP contribution in [-0.4, -0.2) is 125 Å². The molecule has 0 bridgehead atoms. The maximum absolute atomic E-state index is 14.5. The van der Waals surface area contributed by atoms with Gasteiger partial charge in [0, 0.05) is 14.1 Å². The summed E-state index contributed by atoms with van der Waals surface area (Å²) in [5.41, 5.74) is 1.54. The Labute approximate surface area is 217 Å². The van der Waals surface area contributed by atoms with E-state index in [1.54, 1.807) is 6.92 Å². The minimum absolute atomic E-state index is 0.0857. The molecule has 12 unspecified atom stereocenters. The third-order valence-electron chi connectivity index (χ3n) is 7.58. The van der Waals surface area contributed by atoms with Crippen molar-refractivity contribution >= 4 is 0 Å². The number of rotatable bonds is 10. The molecule has 0 aromatic carbocycles. The fourth-order valence-corrected chi connectivity index (χ4v) is 5.47. The van der Waals surface area contributed by atoms with Crippen LogP contribution in [0.15, 0.2) is 0 Å². The molecule has 3 fully saturated rings. The molecule has 17 heteroatoms. The Kier molecular flexibility index (Phi) is 10.7. The van der Waals surface area contributed by atoms with Crippen LogP contribution >= 0.6 is 0 Å². The molecular weight excluding hydrogens is 529 g/mol. The van der Waals surface area contributed by atoms with Crippen LogP contribution in [0.3, 0.4) is 0 Å². The van der Waals surface area contributed by atoms with E-state index in [2.05, 4.69) is 0 Å². The third kappa shape index (κ3) is 6.72. The van der Waals surface area contributed by atoms with Crippen LogP contribution in [0.2, 0.25) is 0 Å². The molecule has 3 rings (SSSR count). The molecule has 6 N–H and O–H groups in total. The summed E-state index contributed by atoms with van der Waals surface area (Å²) in [6.07, 6.45) is -9.62. The summed E-state index contributed by atoms with van der Waals surface area (Å²) in [4.78, 5) is 0. The van der Waals surface area contributed by atoms with E-state index in [0.717, 1.165) is 14.1 Å². The van der Waals surface area contributed by atoms with E-state index in [1.165, 1.54) is 23.5 Å². The van der Waals surface area contributed by atoms with Crippen molar-refractivity contribution in [3.05, 3.63) is 0 Å². The first-order valence-corrected chi connectivity index (χ1v) is 12.3. The predicted molar refractivity (Wildman–Crippen MR) is 120 cm³/mol. The molecule has 2 aliphatic heterocycles. The number of hydrogen-bond donors (Lipinski definition) is 6. The summed E-state index contributed by atoms with van der Waals surface area (Å²) in [5.74, 6) is 0. The first kappa shape index (κ1) is 31.7. The van der Waals surface area contributed by atoms with Crippen LogP contribution < -0.4 is 16.6 Å². The zero-order chi connectivity index (χ0) is 28.4. The number of aliphatic hydroxyl groups excluding tert-OH is 2. The highest BCUT2D eigenvalue weighted by Gasteiger charge is 2.55. The number of nitrogens with zero attached hydrogens (tertiary/aromatic N) is 2. The number of hydrogen-bond acceptors (Lipinski definition) is 12. The van der Waals surface area contributed by atoms with Gasteiger partial charge in [0.15, 0.2) is 12.6 Å². The fourth-order valence-electron chi connectivity index (χ4n) is 5.47. The van der Waals surface area contributed by atoms with Gasteiger partial charge in [-0.2, -0.15) is 16.6 Å². The summed E-state index contributed by atoms with van der Waals surface area (Å²) < 4.78 is 91.5. The minimum atomic E-state index is -1.81. The van der Waals surface area contributed by atoms with Crippen molar-refractivity contribution in [1.82, 2.24) is 26.9 Å². The van der Waals surface area contributed by atoms with Crippen LogP contribution in [0.1, 0.15) is 33.1 Å². The van der Waals surface area contributed by atoms with Gasteiger partial charge in [0.05, 0.1) is 36.9 Å². The number of nitrogens with one attached hydrogen (secondary N) is 3. The van der Waals surface area contributed by atoms with Crippen molar-refractivity contribution in [2.24, 2.45) is 0 Å². The summed E-state index contributed by atoms with van der Waals surface area (Å²) >= 11 is 0. The maximum atomic E-state index is 14.5. The predicted octanol–water partition coefficient (Wildman–Crippen LogP) is -0.586. The lowest BCUT2D eigenvalue weighted by atomic mass is 9.83. The Balaban J connectivity index is 1.84. The van der Waals surface area contributed by atoms with Gasteiger partial charge in [-0.3, -0.25) is 0 Å². The molecule has 0 aromatic heterocycles. The molecule has 1 saturated carbocycles. The lowest BCUT2D eigenvalue weighted by Crippen LogP contribution is -2.68. The van der Waals surface area contributed by atoms with E-state index in [9.17, 15) is 37.7 Å². The number of ether oxygens (including phenoxy) is 4. The zero-order valence-corrected chi connectivity index (χ0v) is 21.6. The normalized spacial score (nSPS) is 46.6. The fraction of sp³-hybridized carbons (Fsp3) is 1.00. The smallest absolute Gasteiger partial charge is 0.185 e. The van der Waals surface area contributed by atoms with E-state index in [4.69, 9.17) is 18.9 Å². The quantitative estimate of drug-likeness (QED) is 0.149. The molecule has 0 radical (unpaired) electrons.